The number of rotatable bonds is 1. The van der Waals surface area contributed by atoms with E-state index < -0.39 is 6.29 Å². The van der Waals surface area contributed by atoms with Gasteiger partial charge in [0.15, 0.2) is 0 Å². The maximum atomic E-state index is 12.3. The van der Waals surface area contributed by atoms with Gasteiger partial charge >= 0.3 is 0 Å². The summed E-state index contributed by atoms with van der Waals surface area (Å²) >= 11 is 0. The number of para-hydroxylation sites is 1. The molecule has 0 bridgehead atoms. The van der Waals surface area contributed by atoms with Crippen LogP contribution >= 0.6 is 0 Å². The fraction of sp³-hybridized carbons (Fsp3) is 0.133. The van der Waals surface area contributed by atoms with Crippen LogP contribution in [-0.2, 0) is 4.74 Å². The predicted molar refractivity (Wildman–Crippen MR) is 67.6 cm³/mol. The normalized spacial score (nSPS) is 17.4. The third-order valence-electron chi connectivity index (χ3n) is 3.03. The molecule has 18 heavy (non-hydrogen) atoms. The number of hydrogen-bond acceptors (Lipinski definition) is 3. The van der Waals surface area contributed by atoms with Crippen LogP contribution in [0.3, 0.4) is 0 Å². The summed E-state index contributed by atoms with van der Waals surface area (Å²) in [7, 11) is 1.47. The van der Waals surface area contributed by atoms with Gasteiger partial charge in [-0.1, -0.05) is 42.5 Å². The number of fused-ring (bicyclic) bond motifs is 3. The molecule has 0 aromatic heterocycles. The maximum Gasteiger partial charge on any atom is 0.264 e. The molecule has 90 valence electrons. The summed E-state index contributed by atoms with van der Waals surface area (Å²) in [4.78, 5) is 12.3. The van der Waals surface area contributed by atoms with E-state index in [1.165, 1.54) is 7.11 Å². The van der Waals surface area contributed by atoms with Crippen LogP contribution in [-0.4, -0.2) is 19.2 Å². The number of ketones is 1. The highest BCUT2D eigenvalue weighted by atomic mass is 16.7. The summed E-state index contributed by atoms with van der Waals surface area (Å²) in [5, 5.41) is 0. The van der Waals surface area contributed by atoms with Gasteiger partial charge in [-0.3, -0.25) is 4.79 Å². The quantitative estimate of drug-likeness (QED) is 0.768. The van der Waals surface area contributed by atoms with Crippen molar-refractivity contribution in [2.45, 2.75) is 6.29 Å². The Labute approximate surface area is 105 Å². The van der Waals surface area contributed by atoms with Crippen molar-refractivity contribution in [2.24, 2.45) is 0 Å². The van der Waals surface area contributed by atoms with Gasteiger partial charge in [0.25, 0.3) is 6.29 Å². The number of carbonyl (C=O) groups excluding carboxylic acids is 1. The number of hydrogen-bond donors (Lipinski definition) is 0. The second kappa shape index (κ2) is 4.27. The molecule has 0 radical (unpaired) electrons. The molecule has 3 heteroatoms. The molecule has 1 atom stereocenters. The first-order valence-corrected chi connectivity index (χ1v) is 5.73. The van der Waals surface area contributed by atoms with Gasteiger partial charge in [-0.25, -0.2) is 0 Å². The minimum atomic E-state index is -0.880. The van der Waals surface area contributed by atoms with E-state index in [2.05, 4.69) is 0 Å². The first-order chi connectivity index (χ1) is 8.81. The molecule has 3 rings (SSSR count). The largest absolute Gasteiger partial charge is 0.456 e. The van der Waals surface area contributed by atoms with Crippen molar-refractivity contribution in [3.8, 4) is 16.9 Å². The Morgan fingerprint density at radius 2 is 1.56 bits per heavy atom. The van der Waals surface area contributed by atoms with Crippen LogP contribution in [0.1, 0.15) is 10.4 Å². The third kappa shape index (κ3) is 1.60. The number of Topliss-reactive ketones (excluding diaryl/α,β-unsaturated/α-hetero) is 1. The molecule has 1 aliphatic rings. The van der Waals surface area contributed by atoms with E-state index in [1.807, 2.05) is 42.5 Å². The van der Waals surface area contributed by atoms with Gasteiger partial charge in [0.2, 0.25) is 5.78 Å². The van der Waals surface area contributed by atoms with Crippen LogP contribution in [0.5, 0.6) is 5.75 Å². The van der Waals surface area contributed by atoms with Crippen molar-refractivity contribution < 1.29 is 14.3 Å². The number of ether oxygens (including phenoxy) is 2. The van der Waals surface area contributed by atoms with E-state index in [0.717, 1.165) is 11.1 Å². The Kier molecular flexibility index (Phi) is 2.61. The molecule has 0 spiro atoms. The molecule has 3 nitrogen and oxygen atoms in total. The summed E-state index contributed by atoms with van der Waals surface area (Å²) in [5.74, 6) is 0.520. The second-order valence-corrected chi connectivity index (χ2v) is 4.09. The fourth-order valence-corrected chi connectivity index (χ4v) is 2.18. The highest BCUT2D eigenvalue weighted by Gasteiger charge is 2.29. The van der Waals surface area contributed by atoms with Gasteiger partial charge in [0, 0.05) is 18.2 Å². The smallest absolute Gasteiger partial charge is 0.264 e. The van der Waals surface area contributed by atoms with Crippen molar-refractivity contribution >= 4 is 5.78 Å². The van der Waals surface area contributed by atoms with Crippen molar-refractivity contribution in [3.63, 3.8) is 0 Å². The van der Waals surface area contributed by atoms with E-state index in [1.54, 1.807) is 6.07 Å². The lowest BCUT2D eigenvalue weighted by atomic mass is 9.97. The molecule has 2 aromatic rings. The van der Waals surface area contributed by atoms with Crippen molar-refractivity contribution in [1.82, 2.24) is 0 Å². The molecule has 1 heterocycles. The topological polar surface area (TPSA) is 35.5 Å². The Morgan fingerprint density at radius 3 is 2.28 bits per heavy atom. The zero-order valence-electron chi connectivity index (χ0n) is 9.92. The molecular formula is C15H12O3. The molecule has 1 unspecified atom stereocenters. The van der Waals surface area contributed by atoms with Crippen LogP contribution in [0.15, 0.2) is 48.5 Å². The van der Waals surface area contributed by atoms with Crippen molar-refractivity contribution in [1.29, 1.82) is 0 Å². The summed E-state index contributed by atoms with van der Waals surface area (Å²) in [6.45, 7) is 0. The van der Waals surface area contributed by atoms with Crippen LogP contribution in [0, 0.1) is 0 Å². The highest BCUT2D eigenvalue weighted by Crippen LogP contribution is 2.36. The Balaban J connectivity index is 2.28. The van der Waals surface area contributed by atoms with Crippen LogP contribution < -0.4 is 4.74 Å². The third-order valence-corrected chi connectivity index (χ3v) is 3.03. The first kappa shape index (κ1) is 11.0. The summed E-state index contributed by atoms with van der Waals surface area (Å²) in [6, 6.07) is 15.1. The average molecular weight is 240 g/mol. The van der Waals surface area contributed by atoms with E-state index >= 15 is 0 Å². The van der Waals surface area contributed by atoms with Crippen molar-refractivity contribution in [3.05, 3.63) is 54.1 Å². The van der Waals surface area contributed by atoms with Gasteiger partial charge in [-0.05, 0) is 11.6 Å². The van der Waals surface area contributed by atoms with Gasteiger partial charge in [-0.2, -0.15) is 0 Å². The summed E-state index contributed by atoms with van der Waals surface area (Å²) in [6.07, 6.45) is -0.880. The highest BCUT2D eigenvalue weighted by molar-refractivity contribution is 6.06. The lowest BCUT2D eigenvalue weighted by molar-refractivity contribution is -0.0307. The monoisotopic (exact) mass is 240 g/mol. The molecular weight excluding hydrogens is 228 g/mol. The minimum Gasteiger partial charge on any atom is -0.456 e. The van der Waals surface area contributed by atoms with Crippen molar-refractivity contribution in [2.75, 3.05) is 7.11 Å². The zero-order chi connectivity index (χ0) is 12.5. The molecule has 0 saturated carbocycles. The molecule has 0 amide bonds. The number of carbonyl (C=O) groups is 1. The number of methoxy groups -OCH3 is 1. The molecule has 0 N–H and O–H groups in total. The SMILES string of the molecule is COC1Oc2ccccc2-c2ccccc2C1=O. The van der Waals surface area contributed by atoms with Gasteiger partial charge in [-0.15, -0.1) is 0 Å². The summed E-state index contributed by atoms with van der Waals surface area (Å²) < 4.78 is 10.8. The lowest BCUT2D eigenvalue weighted by Gasteiger charge is -2.14. The predicted octanol–water partition coefficient (Wildman–Crippen LogP) is 2.90. The Hall–Kier alpha value is -2.13. The average Bonchev–Trinajstić information content (AvgIpc) is 2.55. The molecule has 0 aliphatic carbocycles. The zero-order valence-corrected chi connectivity index (χ0v) is 9.92. The minimum absolute atomic E-state index is 0.149. The van der Waals surface area contributed by atoms with Gasteiger partial charge in [0.1, 0.15) is 5.75 Å². The molecule has 1 aliphatic heterocycles. The molecule has 0 saturated heterocycles. The Morgan fingerprint density at radius 1 is 0.944 bits per heavy atom. The van der Waals surface area contributed by atoms with Gasteiger partial charge in [0.05, 0.1) is 0 Å². The van der Waals surface area contributed by atoms with Gasteiger partial charge < -0.3 is 9.47 Å². The van der Waals surface area contributed by atoms with E-state index in [4.69, 9.17) is 9.47 Å². The molecule has 0 fully saturated rings. The van der Waals surface area contributed by atoms with Crippen LogP contribution in [0.2, 0.25) is 0 Å². The second-order valence-electron chi connectivity index (χ2n) is 4.09. The van der Waals surface area contributed by atoms with E-state index in [9.17, 15) is 4.79 Å². The maximum absolute atomic E-state index is 12.3. The van der Waals surface area contributed by atoms with Crippen LogP contribution in [0.4, 0.5) is 0 Å². The fourth-order valence-electron chi connectivity index (χ4n) is 2.18. The first-order valence-electron chi connectivity index (χ1n) is 5.73. The van der Waals surface area contributed by atoms with E-state index in [-0.39, 0.29) is 5.78 Å². The van der Waals surface area contributed by atoms with Crippen LogP contribution in [0.25, 0.3) is 11.1 Å². The Bertz CT molecular complexity index is 604. The lowest BCUT2D eigenvalue weighted by Crippen LogP contribution is -2.28. The standard InChI is InChI=1S/C15H12O3/c1-17-15-14(16)12-8-3-2-6-10(12)11-7-4-5-9-13(11)18-15/h2-9,15H,1H3. The molecule has 2 aromatic carbocycles. The number of benzene rings is 2. The summed E-state index contributed by atoms with van der Waals surface area (Å²) in [5.41, 5.74) is 2.44. The van der Waals surface area contributed by atoms with E-state index in [0.29, 0.717) is 11.3 Å².